The predicted molar refractivity (Wildman–Crippen MR) is 99.0 cm³/mol. The van der Waals surface area contributed by atoms with Gasteiger partial charge < -0.3 is 5.32 Å². The highest BCUT2D eigenvalue weighted by atomic mass is 19.4. The van der Waals surface area contributed by atoms with Gasteiger partial charge in [-0.25, -0.2) is 13.5 Å². The summed E-state index contributed by atoms with van der Waals surface area (Å²) in [6.45, 7) is 1.67. The number of rotatable bonds is 6. The molecule has 0 atom stereocenters. The summed E-state index contributed by atoms with van der Waals surface area (Å²) in [4.78, 5) is 12.5. The van der Waals surface area contributed by atoms with E-state index < -0.39 is 47.1 Å². The highest BCUT2D eigenvalue weighted by Gasteiger charge is 2.62. The first-order chi connectivity index (χ1) is 14.9. The van der Waals surface area contributed by atoms with E-state index in [9.17, 15) is 35.5 Å². The van der Waals surface area contributed by atoms with Gasteiger partial charge in [0.15, 0.2) is 0 Å². The molecule has 0 radical (unpaired) electrons. The Hall–Kier alpha value is -3.38. The third-order valence-electron chi connectivity index (χ3n) is 4.58. The molecule has 1 aromatic carbocycles. The van der Waals surface area contributed by atoms with Gasteiger partial charge in [0.25, 0.3) is 12.3 Å². The maximum absolute atomic E-state index is 14.5. The van der Waals surface area contributed by atoms with E-state index in [-0.39, 0.29) is 5.69 Å². The highest BCUT2D eigenvalue weighted by molar-refractivity contribution is 6.05. The number of alkyl halides is 7. The largest absolute Gasteiger partial charge is 0.459 e. The fraction of sp³-hybridized carbons (Fsp3) is 0.316. The first kappa shape index (κ1) is 23.3. The Kier molecular flexibility index (Phi) is 6.03. The third kappa shape index (κ3) is 4.06. The van der Waals surface area contributed by atoms with E-state index in [0.29, 0.717) is 22.9 Å². The molecule has 0 aliphatic carbocycles. The van der Waals surface area contributed by atoms with Crippen molar-refractivity contribution >= 4 is 11.6 Å². The number of anilines is 1. The number of hydrogen-bond donors (Lipinski definition) is 1. The molecule has 0 bridgehead atoms. The van der Waals surface area contributed by atoms with Crippen molar-refractivity contribution in [2.24, 2.45) is 7.05 Å². The monoisotopic (exact) mass is 463 g/mol. The van der Waals surface area contributed by atoms with E-state index in [0.717, 1.165) is 10.9 Å². The van der Waals surface area contributed by atoms with Gasteiger partial charge >= 0.3 is 12.1 Å². The van der Waals surface area contributed by atoms with Crippen LogP contribution in [0.3, 0.4) is 0 Å². The van der Waals surface area contributed by atoms with Crippen LogP contribution in [-0.2, 0) is 19.4 Å². The second kappa shape index (κ2) is 8.28. The molecule has 1 N–H and O–H groups in total. The van der Waals surface area contributed by atoms with Crippen LogP contribution in [0.2, 0.25) is 0 Å². The van der Waals surface area contributed by atoms with Crippen molar-refractivity contribution in [2.45, 2.75) is 31.9 Å². The highest BCUT2D eigenvalue weighted by Crippen LogP contribution is 2.47. The molecule has 3 rings (SSSR count). The van der Waals surface area contributed by atoms with Crippen molar-refractivity contribution in [3.63, 3.8) is 0 Å². The Bertz CT molecular complexity index is 1130. The standard InChI is InChI=1S/C19H16F7N5O/c1-3-10-6-4-5-7-13(10)31-15(18(22,23)19(24,25)26)12(8-27-31)28-17(32)11-9-30(2)29-14(11)16(20)21/h4-9,16H,3H2,1-2H3,(H,28,32). The van der Waals surface area contributed by atoms with Gasteiger partial charge in [0.05, 0.1) is 23.1 Å². The molecule has 0 saturated carbocycles. The summed E-state index contributed by atoms with van der Waals surface area (Å²) < 4.78 is 96.4. The van der Waals surface area contributed by atoms with Gasteiger partial charge in [-0.2, -0.15) is 32.1 Å². The number of carbonyl (C=O) groups is 1. The van der Waals surface area contributed by atoms with E-state index in [1.165, 1.54) is 25.2 Å². The van der Waals surface area contributed by atoms with Crippen LogP contribution in [0.25, 0.3) is 5.69 Å². The summed E-state index contributed by atoms with van der Waals surface area (Å²) in [5.74, 6) is -6.76. The minimum Gasteiger partial charge on any atom is -0.319 e. The zero-order valence-electron chi connectivity index (χ0n) is 16.6. The molecule has 13 heteroatoms. The number of aromatic nitrogens is 4. The number of nitrogens with zero attached hydrogens (tertiary/aromatic N) is 4. The van der Waals surface area contributed by atoms with Crippen LogP contribution >= 0.6 is 0 Å². The number of hydrogen-bond acceptors (Lipinski definition) is 3. The van der Waals surface area contributed by atoms with Gasteiger partial charge in [-0.3, -0.25) is 9.48 Å². The summed E-state index contributed by atoms with van der Waals surface area (Å²) in [5, 5.41) is 8.91. The third-order valence-corrected chi connectivity index (χ3v) is 4.58. The summed E-state index contributed by atoms with van der Waals surface area (Å²) in [5.41, 5.74) is -3.89. The van der Waals surface area contributed by atoms with Crippen LogP contribution in [0, 0.1) is 0 Å². The van der Waals surface area contributed by atoms with Crippen LogP contribution in [0.4, 0.5) is 36.4 Å². The second-order valence-corrected chi connectivity index (χ2v) is 6.73. The zero-order chi connectivity index (χ0) is 23.8. The van der Waals surface area contributed by atoms with Crippen LogP contribution in [0.1, 0.15) is 40.7 Å². The molecule has 6 nitrogen and oxygen atoms in total. The quantitative estimate of drug-likeness (QED) is 0.523. The van der Waals surface area contributed by atoms with Gasteiger partial charge in [-0.15, -0.1) is 0 Å². The Balaban J connectivity index is 2.16. The van der Waals surface area contributed by atoms with Crippen LogP contribution in [0.15, 0.2) is 36.7 Å². The molecule has 0 fully saturated rings. The van der Waals surface area contributed by atoms with Crippen molar-refractivity contribution in [1.29, 1.82) is 0 Å². The molecular weight excluding hydrogens is 447 g/mol. The first-order valence-corrected chi connectivity index (χ1v) is 9.12. The summed E-state index contributed by atoms with van der Waals surface area (Å²) >= 11 is 0. The first-order valence-electron chi connectivity index (χ1n) is 9.12. The lowest BCUT2D eigenvalue weighted by molar-refractivity contribution is -0.291. The van der Waals surface area contributed by atoms with Gasteiger partial charge in [0.2, 0.25) is 0 Å². The van der Waals surface area contributed by atoms with Crippen molar-refractivity contribution in [3.05, 3.63) is 59.2 Å². The molecule has 2 aromatic heterocycles. The molecule has 0 spiro atoms. The Morgan fingerprint density at radius 1 is 1.16 bits per heavy atom. The fourth-order valence-corrected chi connectivity index (χ4v) is 3.11. The molecule has 172 valence electrons. The lowest BCUT2D eigenvalue weighted by atomic mass is 10.1. The lowest BCUT2D eigenvalue weighted by Gasteiger charge is -2.23. The van der Waals surface area contributed by atoms with Gasteiger partial charge in [-0.1, -0.05) is 25.1 Å². The number of aryl methyl sites for hydroxylation is 2. The molecule has 1 amide bonds. The molecule has 0 unspecified atom stereocenters. The van der Waals surface area contributed by atoms with Crippen LogP contribution in [0.5, 0.6) is 0 Å². The van der Waals surface area contributed by atoms with E-state index in [1.807, 2.05) is 5.32 Å². The average Bonchev–Trinajstić information content (AvgIpc) is 3.31. The zero-order valence-corrected chi connectivity index (χ0v) is 16.6. The van der Waals surface area contributed by atoms with Gasteiger partial charge in [-0.05, 0) is 18.1 Å². The molecule has 0 aliphatic rings. The molecule has 2 heterocycles. The average molecular weight is 463 g/mol. The number of amides is 1. The fourth-order valence-electron chi connectivity index (χ4n) is 3.11. The van der Waals surface area contributed by atoms with Crippen molar-refractivity contribution in [1.82, 2.24) is 19.6 Å². The van der Waals surface area contributed by atoms with Crippen LogP contribution < -0.4 is 5.32 Å². The minimum atomic E-state index is -6.02. The maximum Gasteiger partial charge on any atom is 0.459 e. The van der Waals surface area contributed by atoms with E-state index in [2.05, 4.69) is 10.2 Å². The molecule has 3 aromatic rings. The van der Waals surface area contributed by atoms with E-state index in [4.69, 9.17) is 0 Å². The number of para-hydroxylation sites is 1. The number of carbonyl (C=O) groups excluding carboxylic acids is 1. The summed E-state index contributed by atoms with van der Waals surface area (Å²) in [7, 11) is 1.24. The second-order valence-electron chi connectivity index (χ2n) is 6.73. The van der Waals surface area contributed by atoms with Crippen molar-refractivity contribution in [3.8, 4) is 5.69 Å². The minimum absolute atomic E-state index is 0.0518. The topological polar surface area (TPSA) is 64.7 Å². The Labute approximate surface area is 176 Å². The Morgan fingerprint density at radius 3 is 2.41 bits per heavy atom. The molecule has 0 saturated heterocycles. The number of halogens is 7. The SMILES string of the molecule is CCc1ccccc1-n1ncc(NC(=O)c2cn(C)nc2C(F)F)c1C(F)(F)C(F)(F)F. The molecular formula is C19H16F7N5O. The summed E-state index contributed by atoms with van der Waals surface area (Å²) in [6.07, 6.45) is -7.39. The number of nitrogens with one attached hydrogen (secondary N) is 1. The molecule has 32 heavy (non-hydrogen) atoms. The Morgan fingerprint density at radius 2 is 1.81 bits per heavy atom. The molecule has 0 aliphatic heterocycles. The van der Waals surface area contributed by atoms with E-state index in [1.54, 1.807) is 13.0 Å². The predicted octanol–water partition coefficient (Wildman–Crippen LogP) is 5.01. The van der Waals surface area contributed by atoms with E-state index >= 15 is 0 Å². The lowest BCUT2D eigenvalue weighted by Crippen LogP contribution is -2.36. The normalized spacial score (nSPS) is 12.4. The smallest absolute Gasteiger partial charge is 0.319 e. The van der Waals surface area contributed by atoms with Gasteiger partial charge in [0, 0.05) is 13.2 Å². The van der Waals surface area contributed by atoms with Crippen LogP contribution in [-0.4, -0.2) is 31.6 Å². The van der Waals surface area contributed by atoms with Gasteiger partial charge in [0.1, 0.15) is 11.4 Å². The number of benzene rings is 1. The van der Waals surface area contributed by atoms with Crippen molar-refractivity contribution < 1.29 is 35.5 Å². The maximum atomic E-state index is 14.5. The van der Waals surface area contributed by atoms with Crippen molar-refractivity contribution in [2.75, 3.05) is 5.32 Å². The summed E-state index contributed by atoms with van der Waals surface area (Å²) in [6, 6.07) is 5.82.